The van der Waals surface area contributed by atoms with Crippen molar-refractivity contribution in [3.8, 4) is 0 Å². The van der Waals surface area contributed by atoms with Gasteiger partial charge in [0.15, 0.2) is 5.76 Å². The Kier molecular flexibility index (Phi) is 7.04. The van der Waals surface area contributed by atoms with Gasteiger partial charge in [-0.2, -0.15) is 0 Å². The summed E-state index contributed by atoms with van der Waals surface area (Å²) in [7, 11) is 0. The molecule has 0 spiro atoms. The molecule has 6 heteroatoms. The van der Waals surface area contributed by atoms with E-state index in [0.717, 1.165) is 19.4 Å². The number of hydrogen-bond acceptors (Lipinski definition) is 4. The summed E-state index contributed by atoms with van der Waals surface area (Å²) in [5.74, 6) is 0.400. The second-order valence-corrected chi connectivity index (χ2v) is 6.74. The Morgan fingerprint density at radius 1 is 0.926 bits per heavy atom. The van der Waals surface area contributed by atoms with Crippen LogP contribution in [0.1, 0.15) is 29.0 Å². The summed E-state index contributed by atoms with van der Waals surface area (Å²) in [6, 6.07) is 13.8. The molecular weight excluding hydrogens is 342 g/mol. The molecule has 2 aromatic rings. The molecule has 0 saturated carbocycles. The van der Waals surface area contributed by atoms with Crippen molar-refractivity contribution in [2.24, 2.45) is 0 Å². The Balaban J connectivity index is 1.28. The number of rotatable bonds is 8. The van der Waals surface area contributed by atoms with Gasteiger partial charge in [-0.25, -0.2) is 0 Å². The van der Waals surface area contributed by atoms with Gasteiger partial charge >= 0.3 is 0 Å². The molecule has 1 aliphatic rings. The van der Waals surface area contributed by atoms with E-state index in [-0.39, 0.29) is 11.8 Å². The van der Waals surface area contributed by atoms with E-state index in [1.54, 1.807) is 17.0 Å². The minimum absolute atomic E-state index is 0.104. The average molecular weight is 369 g/mol. The van der Waals surface area contributed by atoms with Crippen molar-refractivity contribution in [3.05, 3.63) is 60.1 Å². The number of benzene rings is 1. The van der Waals surface area contributed by atoms with Crippen molar-refractivity contribution in [2.45, 2.75) is 19.3 Å². The molecule has 0 unspecified atom stereocenters. The monoisotopic (exact) mass is 369 g/mol. The highest BCUT2D eigenvalue weighted by molar-refractivity contribution is 5.91. The fraction of sp³-hybridized carbons (Fsp3) is 0.429. The van der Waals surface area contributed by atoms with Crippen LogP contribution in [0.15, 0.2) is 53.1 Å². The number of carbonyl (C=O) groups excluding carboxylic acids is 2. The van der Waals surface area contributed by atoms with E-state index < -0.39 is 0 Å². The third kappa shape index (κ3) is 5.69. The Morgan fingerprint density at radius 2 is 1.67 bits per heavy atom. The number of aryl methyl sites for hydroxylation is 1. The first-order valence-corrected chi connectivity index (χ1v) is 9.59. The van der Waals surface area contributed by atoms with Crippen molar-refractivity contribution in [3.63, 3.8) is 0 Å². The topological polar surface area (TPSA) is 65.8 Å². The smallest absolute Gasteiger partial charge is 0.289 e. The molecule has 1 N–H and O–H groups in total. The fourth-order valence-electron chi connectivity index (χ4n) is 3.26. The van der Waals surface area contributed by atoms with Gasteiger partial charge in [0, 0.05) is 39.1 Å². The average Bonchev–Trinajstić information content (AvgIpc) is 3.25. The molecule has 0 bridgehead atoms. The summed E-state index contributed by atoms with van der Waals surface area (Å²) in [5.41, 5.74) is 1.34. The van der Waals surface area contributed by atoms with E-state index in [1.807, 2.05) is 11.0 Å². The third-order valence-electron chi connectivity index (χ3n) is 4.83. The van der Waals surface area contributed by atoms with Crippen LogP contribution in [0.3, 0.4) is 0 Å². The zero-order valence-corrected chi connectivity index (χ0v) is 15.6. The number of nitrogens with one attached hydrogen (secondary N) is 1. The lowest BCUT2D eigenvalue weighted by atomic mass is 10.1. The lowest BCUT2D eigenvalue weighted by Gasteiger charge is -2.34. The van der Waals surface area contributed by atoms with Crippen molar-refractivity contribution < 1.29 is 14.0 Å². The first kappa shape index (κ1) is 19.2. The molecule has 1 saturated heterocycles. The first-order chi connectivity index (χ1) is 13.2. The van der Waals surface area contributed by atoms with Gasteiger partial charge in [0.25, 0.3) is 5.91 Å². The summed E-state index contributed by atoms with van der Waals surface area (Å²) in [4.78, 5) is 28.1. The van der Waals surface area contributed by atoms with E-state index in [4.69, 9.17) is 4.42 Å². The van der Waals surface area contributed by atoms with Gasteiger partial charge in [-0.3, -0.25) is 9.59 Å². The summed E-state index contributed by atoms with van der Waals surface area (Å²) in [6.45, 7) is 3.87. The van der Waals surface area contributed by atoms with Crippen molar-refractivity contribution in [2.75, 3.05) is 39.3 Å². The number of furan rings is 1. The molecule has 1 aromatic carbocycles. The predicted molar refractivity (Wildman–Crippen MR) is 103 cm³/mol. The predicted octanol–water partition coefficient (Wildman–Crippen LogP) is 2.18. The zero-order chi connectivity index (χ0) is 18.9. The summed E-state index contributed by atoms with van der Waals surface area (Å²) < 4.78 is 5.16. The normalized spacial score (nSPS) is 14.4. The second-order valence-electron chi connectivity index (χ2n) is 6.74. The van der Waals surface area contributed by atoms with Gasteiger partial charge in [-0.1, -0.05) is 30.3 Å². The van der Waals surface area contributed by atoms with Gasteiger partial charge in [0.05, 0.1) is 6.26 Å². The standard InChI is InChI=1S/C21H27N3O3/c25-20(10-12-22-11-4-8-18-6-2-1-3-7-18)23-13-15-24(16-14-23)21(26)19-9-5-17-27-19/h1-3,5-7,9,17,22H,4,8,10-16H2. The molecule has 144 valence electrons. The van der Waals surface area contributed by atoms with Gasteiger partial charge < -0.3 is 19.5 Å². The highest BCUT2D eigenvalue weighted by Gasteiger charge is 2.25. The largest absolute Gasteiger partial charge is 0.459 e. The van der Waals surface area contributed by atoms with Crippen molar-refractivity contribution >= 4 is 11.8 Å². The molecule has 1 aliphatic heterocycles. The van der Waals surface area contributed by atoms with Crippen LogP contribution < -0.4 is 5.32 Å². The maximum atomic E-state index is 12.3. The third-order valence-corrected chi connectivity index (χ3v) is 4.83. The number of amides is 2. The minimum Gasteiger partial charge on any atom is -0.459 e. The van der Waals surface area contributed by atoms with E-state index in [1.165, 1.54) is 11.8 Å². The molecule has 27 heavy (non-hydrogen) atoms. The van der Waals surface area contributed by atoms with Gasteiger partial charge in [-0.05, 0) is 37.1 Å². The molecule has 2 heterocycles. The fourth-order valence-corrected chi connectivity index (χ4v) is 3.26. The van der Waals surface area contributed by atoms with Crippen LogP contribution in [0.4, 0.5) is 0 Å². The van der Waals surface area contributed by atoms with E-state index >= 15 is 0 Å². The van der Waals surface area contributed by atoms with Crippen LogP contribution in [0.25, 0.3) is 0 Å². The Labute approximate surface area is 160 Å². The molecule has 0 radical (unpaired) electrons. The molecule has 0 atom stereocenters. The quantitative estimate of drug-likeness (QED) is 0.725. The molecule has 3 rings (SSSR count). The highest BCUT2D eigenvalue weighted by Crippen LogP contribution is 2.10. The second kappa shape index (κ2) is 9.92. The number of hydrogen-bond donors (Lipinski definition) is 1. The lowest BCUT2D eigenvalue weighted by Crippen LogP contribution is -2.50. The summed E-state index contributed by atoms with van der Waals surface area (Å²) >= 11 is 0. The molecule has 2 amide bonds. The van der Waals surface area contributed by atoms with Gasteiger partial charge in [-0.15, -0.1) is 0 Å². The molecule has 0 aliphatic carbocycles. The number of carbonyl (C=O) groups is 2. The van der Waals surface area contributed by atoms with Gasteiger partial charge in [0.2, 0.25) is 5.91 Å². The Bertz CT molecular complexity index is 708. The van der Waals surface area contributed by atoms with Crippen molar-refractivity contribution in [1.29, 1.82) is 0 Å². The van der Waals surface area contributed by atoms with Crippen LogP contribution in [-0.2, 0) is 11.2 Å². The summed E-state index contributed by atoms with van der Waals surface area (Å²) in [6.07, 6.45) is 4.11. The van der Waals surface area contributed by atoms with Gasteiger partial charge in [0.1, 0.15) is 0 Å². The van der Waals surface area contributed by atoms with Crippen LogP contribution in [0.5, 0.6) is 0 Å². The van der Waals surface area contributed by atoms with Crippen LogP contribution in [-0.4, -0.2) is 60.9 Å². The van der Waals surface area contributed by atoms with E-state index in [0.29, 0.717) is 44.9 Å². The van der Waals surface area contributed by atoms with Crippen molar-refractivity contribution in [1.82, 2.24) is 15.1 Å². The molecular formula is C21H27N3O3. The Hall–Kier alpha value is -2.60. The minimum atomic E-state index is -0.104. The number of piperazine rings is 1. The maximum Gasteiger partial charge on any atom is 0.289 e. The maximum absolute atomic E-state index is 12.3. The van der Waals surface area contributed by atoms with Crippen LogP contribution >= 0.6 is 0 Å². The van der Waals surface area contributed by atoms with Crippen LogP contribution in [0, 0.1) is 0 Å². The highest BCUT2D eigenvalue weighted by atomic mass is 16.3. The van der Waals surface area contributed by atoms with Crippen LogP contribution in [0.2, 0.25) is 0 Å². The summed E-state index contributed by atoms with van der Waals surface area (Å²) in [5, 5.41) is 3.35. The molecule has 6 nitrogen and oxygen atoms in total. The lowest BCUT2D eigenvalue weighted by molar-refractivity contribution is -0.132. The number of nitrogens with zero attached hydrogens (tertiary/aromatic N) is 2. The molecule has 1 aromatic heterocycles. The Morgan fingerprint density at radius 3 is 2.37 bits per heavy atom. The zero-order valence-electron chi connectivity index (χ0n) is 15.6. The first-order valence-electron chi connectivity index (χ1n) is 9.59. The molecule has 1 fully saturated rings. The van der Waals surface area contributed by atoms with E-state index in [9.17, 15) is 9.59 Å². The van der Waals surface area contributed by atoms with E-state index in [2.05, 4.69) is 29.6 Å². The SMILES string of the molecule is O=C(CCNCCCc1ccccc1)N1CCN(C(=O)c2ccco2)CC1.